The Balaban J connectivity index is 3.43. The molecule has 12 heavy (non-hydrogen) atoms. The highest BCUT2D eigenvalue weighted by atomic mass is 32.2. The summed E-state index contributed by atoms with van der Waals surface area (Å²) in [5, 5.41) is -0.873. The molecule has 0 aliphatic rings. The van der Waals surface area contributed by atoms with E-state index in [1.807, 2.05) is 0 Å². The van der Waals surface area contributed by atoms with E-state index >= 15 is 0 Å². The Morgan fingerprint density at radius 3 is 2.58 bits per heavy atom. The van der Waals surface area contributed by atoms with E-state index in [4.69, 9.17) is 0 Å². The van der Waals surface area contributed by atoms with Crippen molar-refractivity contribution in [2.45, 2.75) is 11.9 Å². The maximum atomic E-state index is 12.6. The highest BCUT2D eigenvalue weighted by Crippen LogP contribution is 2.04. The number of aryl methyl sites for hydroxylation is 1. The van der Waals surface area contributed by atoms with Gasteiger partial charge in [-0.2, -0.15) is 0 Å². The van der Waals surface area contributed by atoms with E-state index < -0.39 is 15.1 Å². The van der Waals surface area contributed by atoms with Crippen molar-refractivity contribution in [2.24, 2.45) is 0 Å². The van der Waals surface area contributed by atoms with E-state index in [9.17, 15) is 17.5 Å². The fourth-order valence-electron chi connectivity index (χ4n) is 0.740. The fourth-order valence-corrected chi connectivity index (χ4v) is 1.34. The van der Waals surface area contributed by atoms with Gasteiger partial charge in [0.1, 0.15) is 0 Å². The van der Waals surface area contributed by atoms with Crippen molar-refractivity contribution < 1.29 is 22.2 Å². The van der Waals surface area contributed by atoms with E-state index in [1.165, 1.54) is 6.07 Å². The number of nitrogens with zero attached hydrogens (tertiary/aromatic N) is 1. The molecule has 4 nitrogen and oxygen atoms in total. The van der Waals surface area contributed by atoms with E-state index in [-0.39, 0.29) is 4.79 Å². The molecule has 0 amide bonds. The van der Waals surface area contributed by atoms with E-state index in [1.54, 1.807) is 6.92 Å². The lowest BCUT2D eigenvalue weighted by Crippen LogP contribution is -2.30. The Bertz CT molecular complexity index is 401. The summed E-state index contributed by atoms with van der Waals surface area (Å²) in [4.78, 5) is -0.213. The Morgan fingerprint density at radius 1 is 1.58 bits per heavy atom. The molecule has 0 aliphatic carbocycles. The van der Waals surface area contributed by atoms with Gasteiger partial charge in [-0.3, -0.25) is 0 Å². The maximum absolute atomic E-state index is 12.6. The third kappa shape index (κ3) is 1.77. The molecule has 1 rings (SSSR count). The van der Waals surface area contributed by atoms with Gasteiger partial charge in [-0.15, -0.1) is 0 Å². The Kier molecular flexibility index (Phi) is 2.12. The van der Waals surface area contributed by atoms with Gasteiger partial charge in [0.2, 0.25) is 6.20 Å². The molecule has 0 N–H and O–H groups in total. The van der Waals surface area contributed by atoms with Gasteiger partial charge in [0.15, 0.2) is 10.1 Å². The lowest BCUT2D eigenvalue weighted by molar-refractivity contribution is -0.874. The van der Waals surface area contributed by atoms with Crippen molar-refractivity contribution in [3.05, 3.63) is 23.9 Å². The van der Waals surface area contributed by atoms with Crippen LogP contribution in [0.3, 0.4) is 0 Å². The van der Waals surface area contributed by atoms with Crippen LogP contribution in [-0.2, 0) is 10.1 Å². The Labute approximate surface area is 69.0 Å². The molecule has 0 bridgehead atoms. The average Bonchev–Trinajstić information content (AvgIpc) is 1.92. The zero-order chi connectivity index (χ0) is 9.35. The minimum atomic E-state index is -4.72. The molecule has 0 aliphatic heterocycles. The van der Waals surface area contributed by atoms with Gasteiger partial charge in [-0.05, 0) is 12.5 Å². The van der Waals surface area contributed by atoms with E-state index in [0.717, 1.165) is 12.3 Å². The Morgan fingerprint density at radius 2 is 2.17 bits per heavy atom. The zero-order valence-corrected chi connectivity index (χ0v) is 7.01. The smallest absolute Gasteiger partial charge is 0.331 e. The second-order valence-electron chi connectivity index (χ2n) is 2.31. The van der Waals surface area contributed by atoms with Gasteiger partial charge in [0.05, 0.1) is 4.48 Å². The van der Waals surface area contributed by atoms with Crippen LogP contribution >= 0.6 is 0 Å². The molecule has 0 aromatic carbocycles. The van der Waals surface area contributed by atoms with E-state index in [2.05, 4.69) is 0 Å². The maximum Gasteiger partial charge on any atom is 0.331 e. The Hall–Kier alpha value is -1.01. The van der Waals surface area contributed by atoms with Crippen molar-refractivity contribution in [3.8, 4) is 0 Å². The van der Waals surface area contributed by atoms with Gasteiger partial charge >= 0.3 is 5.03 Å². The molecule has 0 spiro atoms. The van der Waals surface area contributed by atoms with Crippen molar-refractivity contribution in [1.29, 1.82) is 0 Å². The lowest BCUT2D eigenvalue weighted by Gasteiger charge is -2.00. The second kappa shape index (κ2) is 2.80. The summed E-state index contributed by atoms with van der Waals surface area (Å²) >= 11 is 0. The molecule has 66 valence electrons. The summed E-state index contributed by atoms with van der Waals surface area (Å²) in [6.07, 6.45) is 0.875. The third-order valence-corrected chi connectivity index (χ3v) is 2.09. The topological polar surface area (TPSA) is 61.1 Å². The van der Waals surface area contributed by atoms with Crippen LogP contribution in [0.4, 0.5) is 4.48 Å². The predicted molar refractivity (Wildman–Crippen MR) is 35.8 cm³/mol. The van der Waals surface area contributed by atoms with Crippen LogP contribution in [0.25, 0.3) is 0 Å². The van der Waals surface area contributed by atoms with Crippen molar-refractivity contribution in [3.63, 3.8) is 0 Å². The van der Waals surface area contributed by atoms with Crippen molar-refractivity contribution >= 4 is 10.1 Å². The van der Waals surface area contributed by atoms with Crippen LogP contribution in [0.2, 0.25) is 0 Å². The number of hydrogen-bond donors (Lipinski definition) is 0. The second-order valence-corrected chi connectivity index (χ2v) is 3.63. The summed E-state index contributed by atoms with van der Waals surface area (Å²) in [7, 11) is -4.72. The van der Waals surface area contributed by atoms with Crippen LogP contribution in [0.1, 0.15) is 5.56 Å². The highest BCUT2D eigenvalue weighted by molar-refractivity contribution is 7.85. The number of pyridine rings is 1. The SMILES string of the molecule is Cc1cc[n+](F)c(S(=O)(=O)[O-])c1. The summed E-state index contributed by atoms with van der Waals surface area (Å²) in [6, 6.07) is 2.33. The molecule has 0 radical (unpaired) electrons. The minimum absolute atomic E-state index is 0.213. The number of hydrogen-bond acceptors (Lipinski definition) is 3. The molecule has 0 fully saturated rings. The molecular weight excluding hydrogens is 185 g/mol. The highest BCUT2D eigenvalue weighted by Gasteiger charge is 2.17. The number of halogens is 1. The summed E-state index contributed by atoms with van der Waals surface area (Å²) in [6.45, 7) is 1.56. The van der Waals surface area contributed by atoms with Gasteiger partial charge in [0, 0.05) is 16.9 Å². The van der Waals surface area contributed by atoms with E-state index in [0.29, 0.717) is 5.56 Å². The van der Waals surface area contributed by atoms with Gasteiger partial charge in [-0.25, -0.2) is 8.42 Å². The number of aromatic nitrogens is 1. The summed E-state index contributed by atoms with van der Waals surface area (Å²) in [5.41, 5.74) is 0.512. The molecule has 6 heteroatoms. The molecule has 0 unspecified atom stereocenters. The van der Waals surface area contributed by atoms with Gasteiger partial charge < -0.3 is 4.55 Å². The predicted octanol–water partition coefficient (Wildman–Crippen LogP) is -0.0808. The first-order valence-corrected chi connectivity index (χ1v) is 4.46. The first-order chi connectivity index (χ1) is 5.41. The summed E-state index contributed by atoms with van der Waals surface area (Å²) < 4.78 is 43.8. The van der Waals surface area contributed by atoms with Crippen molar-refractivity contribution in [1.82, 2.24) is 0 Å². The first kappa shape index (κ1) is 9.08. The van der Waals surface area contributed by atoms with Crippen LogP contribution in [0.5, 0.6) is 0 Å². The largest absolute Gasteiger partial charge is 0.739 e. The molecule has 0 atom stereocenters. The molecule has 1 aromatic rings. The van der Waals surface area contributed by atoms with Crippen LogP contribution in [-0.4, -0.2) is 13.0 Å². The molecule has 1 heterocycles. The fraction of sp³-hybridized carbons (Fsp3) is 0.167. The third-order valence-electron chi connectivity index (χ3n) is 1.29. The van der Waals surface area contributed by atoms with Crippen molar-refractivity contribution in [2.75, 3.05) is 0 Å². The molecular formula is C6H6FNO3S. The number of rotatable bonds is 1. The average molecular weight is 191 g/mol. The monoisotopic (exact) mass is 191 g/mol. The first-order valence-electron chi connectivity index (χ1n) is 3.05. The molecule has 1 aromatic heterocycles. The van der Waals surface area contributed by atoms with Crippen LogP contribution in [0.15, 0.2) is 23.4 Å². The van der Waals surface area contributed by atoms with Gasteiger partial charge in [0.25, 0.3) is 0 Å². The molecule has 0 saturated heterocycles. The molecule has 0 saturated carbocycles. The van der Waals surface area contributed by atoms with Crippen LogP contribution in [0, 0.1) is 6.92 Å². The minimum Gasteiger partial charge on any atom is -0.739 e. The normalized spacial score (nSPS) is 11.6. The summed E-state index contributed by atoms with van der Waals surface area (Å²) in [5.74, 6) is 0. The zero-order valence-electron chi connectivity index (χ0n) is 6.19. The lowest BCUT2D eigenvalue weighted by atomic mass is 10.3. The van der Waals surface area contributed by atoms with Crippen LogP contribution < -0.4 is 4.79 Å². The quantitative estimate of drug-likeness (QED) is 0.583. The standard InChI is InChI=1S/C6H6FNO3S/c1-5-2-3-8(7)6(4-5)12(9,10)11/h2-4H,1H3. The van der Waals surface area contributed by atoms with Gasteiger partial charge in [-0.1, -0.05) is 0 Å².